The quantitative estimate of drug-likeness (QED) is 0.819. The summed E-state index contributed by atoms with van der Waals surface area (Å²) in [6, 6.07) is 6.44. The van der Waals surface area contributed by atoms with Crippen LogP contribution in [0.4, 0.5) is 0 Å². The summed E-state index contributed by atoms with van der Waals surface area (Å²) in [6.45, 7) is 8.99. The SMILES string of the molecule is CCOc1ccc(CCCC(C)(C)N)cc1C. The van der Waals surface area contributed by atoms with Crippen LogP contribution in [-0.4, -0.2) is 12.1 Å². The van der Waals surface area contributed by atoms with Crippen molar-refractivity contribution in [3.8, 4) is 5.75 Å². The number of rotatable bonds is 6. The third kappa shape index (κ3) is 5.22. The van der Waals surface area contributed by atoms with Crippen molar-refractivity contribution in [2.24, 2.45) is 5.73 Å². The minimum atomic E-state index is -0.0553. The molecule has 0 amide bonds. The molecule has 2 N–H and O–H groups in total. The van der Waals surface area contributed by atoms with Gasteiger partial charge in [-0.2, -0.15) is 0 Å². The third-order valence-corrected chi connectivity index (χ3v) is 2.83. The smallest absolute Gasteiger partial charge is 0.122 e. The number of hydrogen-bond donors (Lipinski definition) is 1. The van der Waals surface area contributed by atoms with Crippen LogP contribution in [-0.2, 0) is 6.42 Å². The molecule has 0 spiro atoms. The topological polar surface area (TPSA) is 35.2 Å². The fourth-order valence-corrected chi connectivity index (χ4v) is 1.93. The molecule has 0 atom stereocenters. The van der Waals surface area contributed by atoms with Crippen LogP contribution in [0.3, 0.4) is 0 Å². The van der Waals surface area contributed by atoms with Crippen LogP contribution in [0.1, 0.15) is 44.7 Å². The molecule has 1 aromatic rings. The average molecular weight is 235 g/mol. The van der Waals surface area contributed by atoms with Crippen LogP contribution in [0.25, 0.3) is 0 Å². The van der Waals surface area contributed by atoms with Crippen molar-refractivity contribution in [3.63, 3.8) is 0 Å². The van der Waals surface area contributed by atoms with Crippen LogP contribution in [0.2, 0.25) is 0 Å². The van der Waals surface area contributed by atoms with Gasteiger partial charge < -0.3 is 10.5 Å². The first-order chi connectivity index (χ1) is 7.92. The molecular formula is C15H25NO. The molecule has 0 bridgehead atoms. The van der Waals surface area contributed by atoms with Gasteiger partial charge in [0.1, 0.15) is 5.75 Å². The van der Waals surface area contributed by atoms with Crippen LogP contribution in [0, 0.1) is 6.92 Å². The lowest BCUT2D eigenvalue weighted by atomic mass is 9.96. The number of benzene rings is 1. The maximum absolute atomic E-state index is 5.97. The molecule has 96 valence electrons. The van der Waals surface area contributed by atoms with Gasteiger partial charge in [-0.3, -0.25) is 0 Å². The summed E-state index contributed by atoms with van der Waals surface area (Å²) >= 11 is 0. The van der Waals surface area contributed by atoms with Gasteiger partial charge in [-0.25, -0.2) is 0 Å². The summed E-state index contributed by atoms with van der Waals surface area (Å²) in [5, 5.41) is 0. The van der Waals surface area contributed by atoms with Crippen LogP contribution in [0.5, 0.6) is 5.75 Å². The molecule has 2 heteroatoms. The molecule has 0 aliphatic heterocycles. The van der Waals surface area contributed by atoms with Gasteiger partial charge in [0.05, 0.1) is 6.61 Å². The Morgan fingerprint density at radius 3 is 2.53 bits per heavy atom. The van der Waals surface area contributed by atoms with E-state index in [1.165, 1.54) is 11.1 Å². The van der Waals surface area contributed by atoms with Crippen molar-refractivity contribution in [2.75, 3.05) is 6.61 Å². The summed E-state index contributed by atoms with van der Waals surface area (Å²) in [5.41, 5.74) is 8.51. The normalized spacial score (nSPS) is 11.6. The van der Waals surface area contributed by atoms with Crippen LogP contribution in [0.15, 0.2) is 18.2 Å². The van der Waals surface area contributed by atoms with E-state index >= 15 is 0 Å². The minimum absolute atomic E-state index is 0.0553. The molecule has 0 saturated heterocycles. The summed E-state index contributed by atoms with van der Waals surface area (Å²) < 4.78 is 5.53. The average Bonchev–Trinajstić information content (AvgIpc) is 2.20. The maximum Gasteiger partial charge on any atom is 0.122 e. The standard InChI is InChI=1S/C15H25NO/c1-5-17-14-9-8-13(11-12(14)2)7-6-10-15(3,4)16/h8-9,11H,5-7,10,16H2,1-4H3. The number of aryl methyl sites for hydroxylation is 2. The molecule has 0 aliphatic rings. The van der Waals surface area contributed by atoms with E-state index in [1.54, 1.807) is 0 Å². The van der Waals surface area contributed by atoms with E-state index in [4.69, 9.17) is 10.5 Å². The Morgan fingerprint density at radius 1 is 1.29 bits per heavy atom. The van der Waals surface area contributed by atoms with Crippen molar-refractivity contribution in [1.82, 2.24) is 0 Å². The van der Waals surface area contributed by atoms with E-state index in [0.717, 1.165) is 31.6 Å². The Kier molecular flexibility index (Phi) is 5.01. The van der Waals surface area contributed by atoms with Crippen LogP contribution < -0.4 is 10.5 Å². The van der Waals surface area contributed by atoms with Crippen molar-refractivity contribution in [2.45, 2.75) is 52.5 Å². The summed E-state index contributed by atoms with van der Waals surface area (Å²) in [7, 11) is 0. The number of ether oxygens (including phenoxy) is 1. The van der Waals surface area contributed by atoms with Gasteiger partial charge in [0.25, 0.3) is 0 Å². The molecule has 0 unspecified atom stereocenters. The highest BCUT2D eigenvalue weighted by atomic mass is 16.5. The lowest BCUT2D eigenvalue weighted by molar-refractivity contribution is 0.337. The minimum Gasteiger partial charge on any atom is -0.494 e. The van der Waals surface area contributed by atoms with Gasteiger partial charge >= 0.3 is 0 Å². The van der Waals surface area contributed by atoms with Gasteiger partial charge in [-0.15, -0.1) is 0 Å². The third-order valence-electron chi connectivity index (χ3n) is 2.83. The predicted octanol–water partition coefficient (Wildman–Crippen LogP) is 3.45. The molecule has 1 aromatic carbocycles. The molecule has 17 heavy (non-hydrogen) atoms. The molecule has 0 heterocycles. The highest BCUT2D eigenvalue weighted by molar-refractivity contribution is 5.36. The van der Waals surface area contributed by atoms with Crippen molar-refractivity contribution in [1.29, 1.82) is 0 Å². The fourth-order valence-electron chi connectivity index (χ4n) is 1.93. The van der Waals surface area contributed by atoms with Crippen molar-refractivity contribution < 1.29 is 4.74 Å². The van der Waals surface area contributed by atoms with E-state index in [0.29, 0.717) is 0 Å². The second kappa shape index (κ2) is 6.06. The van der Waals surface area contributed by atoms with E-state index in [9.17, 15) is 0 Å². The van der Waals surface area contributed by atoms with Gasteiger partial charge in [-0.05, 0) is 64.2 Å². The monoisotopic (exact) mass is 235 g/mol. The largest absolute Gasteiger partial charge is 0.494 e. The van der Waals surface area contributed by atoms with E-state index in [1.807, 2.05) is 6.92 Å². The molecule has 1 rings (SSSR count). The molecule has 0 aromatic heterocycles. The van der Waals surface area contributed by atoms with Gasteiger partial charge in [0.2, 0.25) is 0 Å². The molecule has 0 fully saturated rings. The van der Waals surface area contributed by atoms with Gasteiger partial charge in [0, 0.05) is 5.54 Å². The summed E-state index contributed by atoms with van der Waals surface area (Å²) in [4.78, 5) is 0. The second-order valence-electron chi connectivity index (χ2n) is 5.37. The second-order valence-corrected chi connectivity index (χ2v) is 5.37. The first-order valence-corrected chi connectivity index (χ1v) is 6.43. The van der Waals surface area contributed by atoms with E-state index < -0.39 is 0 Å². The van der Waals surface area contributed by atoms with E-state index in [-0.39, 0.29) is 5.54 Å². The first-order valence-electron chi connectivity index (χ1n) is 6.43. The molecule has 0 aliphatic carbocycles. The molecular weight excluding hydrogens is 210 g/mol. The lowest BCUT2D eigenvalue weighted by Crippen LogP contribution is -2.31. The van der Waals surface area contributed by atoms with Gasteiger partial charge in [0.15, 0.2) is 0 Å². The Balaban J connectivity index is 2.53. The number of hydrogen-bond acceptors (Lipinski definition) is 2. The first kappa shape index (κ1) is 14.0. The molecule has 2 nitrogen and oxygen atoms in total. The summed E-state index contributed by atoms with van der Waals surface area (Å²) in [6.07, 6.45) is 3.28. The molecule has 0 saturated carbocycles. The number of nitrogens with two attached hydrogens (primary N) is 1. The molecule has 0 radical (unpaired) electrons. The lowest BCUT2D eigenvalue weighted by Gasteiger charge is -2.18. The van der Waals surface area contributed by atoms with Gasteiger partial charge in [-0.1, -0.05) is 12.1 Å². The zero-order chi connectivity index (χ0) is 12.9. The predicted molar refractivity (Wildman–Crippen MR) is 73.6 cm³/mol. The Bertz CT molecular complexity index is 352. The van der Waals surface area contributed by atoms with Crippen molar-refractivity contribution in [3.05, 3.63) is 29.3 Å². The zero-order valence-electron chi connectivity index (χ0n) is 11.5. The Labute approximate surface area is 105 Å². The summed E-state index contributed by atoms with van der Waals surface area (Å²) in [5.74, 6) is 0.996. The highest BCUT2D eigenvalue weighted by Crippen LogP contribution is 2.20. The van der Waals surface area contributed by atoms with Crippen LogP contribution >= 0.6 is 0 Å². The Hall–Kier alpha value is -1.02. The van der Waals surface area contributed by atoms with Crippen molar-refractivity contribution >= 4 is 0 Å². The fraction of sp³-hybridized carbons (Fsp3) is 0.600. The highest BCUT2D eigenvalue weighted by Gasteiger charge is 2.09. The van der Waals surface area contributed by atoms with E-state index in [2.05, 4.69) is 39.0 Å². The zero-order valence-corrected chi connectivity index (χ0v) is 11.5. The maximum atomic E-state index is 5.97. The Morgan fingerprint density at radius 2 is 2.00 bits per heavy atom.